The van der Waals surface area contributed by atoms with Gasteiger partial charge in [0.15, 0.2) is 5.82 Å². The van der Waals surface area contributed by atoms with Crippen LogP contribution in [-0.4, -0.2) is 16.0 Å². The van der Waals surface area contributed by atoms with E-state index in [-0.39, 0.29) is 5.91 Å². The number of nitrogens with zero attached hydrogens (tertiary/aromatic N) is 2. The van der Waals surface area contributed by atoms with Gasteiger partial charge < -0.3 is 15.6 Å². The topological polar surface area (TPSA) is 94.0 Å². The maximum Gasteiger partial charge on any atom is 0.258 e. The molecule has 1 saturated carbocycles. The Balaban J connectivity index is 1.59. The normalized spacial score (nSPS) is 15.6. The number of aryl methyl sites for hydroxylation is 1. The third kappa shape index (κ3) is 3.48. The molecule has 0 radical (unpaired) electrons. The average molecular weight is 362 g/mol. The van der Waals surface area contributed by atoms with Gasteiger partial charge in [-0.2, -0.15) is 4.98 Å². The molecule has 0 atom stereocenters. The van der Waals surface area contributed by atoms with E-state index in [9.17, 15) is 4.79 Å². The van der Waals surface area contributed by atoms with Crippen molar-refractivity contribution in [3.63, 3.8) is 0 Å². The van der Waals surface area contributed by atoms with E-state index in [0.29, 0.717) is 23.0 Å². The molecule has 0 bridgehead atoms. The minimum absolute atomic E-state index is 0.158. The quantitative estimate of drug-likeness (QED) is 0.731. The second-order valence-electron chi connectivity index (χ2n) is 7.14. The molecule has 1 fully saturated rings. The predicted molar refractivity (Wildman–Crippen MR) is 103 cm³/mol. The third-order valence-corrected chi connectivity index (χ3v) is 5.14. The molecule has 4 rings (SSSR count). The van der Waals surface area contributed by atoms with E-state index in [1.165, 1.54) is 0 Å². The van der Waals surface area contributed by atoms with Gasteiger partial charge in [-0.05, 0) is 49.6 Å². The van der Waals surface area contributed by atoms with Crippen molar-refractivity contribution in [2.24, 2.45) is 5.73 Å². The molecule has 2 aromatic carbocycles. The van der Waals surface area contributed by atoms with Crippen molar-refractivity contribution in [2.45, 2.75) is 38.1 Å². The summed E-state index contributed by atoms with van der Waals surface area (Å²) in [4.78, 5) is 17.0. The highest BCUT2D eigenvalue weighted by atomic mass is 16.5. The number of benzene rings is 2. The van der Waals surface area contributed by atoms with Gasteiger partial charge in [0, 0.05) is 16.8 Å². The largest absolute Gasteiger partial charge is 0.334 e. The summed E-state index contributed by atoms with van der Waals surface area (Å²) in [6.45, 7) is 1.94. The molecule has 1 amide bonds. The second-order valence-corrected chi connectivity index (χ2v) is 7.14. The number of anilines is 1. The van der Waals surface area contributed by atoms with Crippen molar-refractivity contribution >= 4 is 11.6 Å². The molecule has 3 N–H and O–H groups in total. The molecule has 3 aromatic rings. The molecule has 1 aliphatic carbocycles. The van der Waals surface area contributed by atoms with Crippen LogP contribution in [0.25, 0.3) is 11.5 Å². The highest BCUT2D eigenvalue weighted by Gasteiger charge is 2.36. The molecular weight excluding hydrogens is 340 g/mol. The molecule has 0 unspecified atom stereocenters. The van der Waals surface area contributed by atoms with E-state index in [2.05, 4.69) is 15.5 Å². The number of nitrogens with two attached hydrogens (primary N) is 1. The van der Waals surface area contributed by atoms with Gasteiger partial charge in [-0.25, -0.2) is 0 Å². The van der Waals surface area contributed by atoms with Crippen LogP contribution >= 0.6 is 0 Å². The summed E-state index contributed by atoms with van der Waals surface area (Å²) < 4.78 is 5.46. The van der Waals surface area contributed by atoms with Crippen molar-refractivity contribution in [1.82, 2.24) is 10.1 Å². The zero-order chi connectivity index (χ0) is 18.9. The standard InChI is InChI=1S/C21H22N4O2/c1-14-9-10-16(13-17(14)23-18(26)15-7-3-2-4-8-15)19-24-20(25-27-19)21(22)11-5-6-12-21/h2-4,7-10,13H,5-6,11-12,22H2,1H3,(H,23,26). The smallest absolute Gasteiger partial charge is 0.258 e. The van der Waals surface area contributed by atoms with Gasteiger partial charge in [0.1, 0.15) is 0 Å². The molecule has 1 aliphatic rings. The Morgan fingerprint density at radius 3 is 2.63 bits per heavy atom. The summed E-state index contributed by atoms with van der Waals surface area (Å²) in [5.74, 6) is 0.816. The molecule has 1 heterocycles. The molecule has 6 nitrogen and oxygen atoms in total. The van der Waals surface area contributed by atoms with Crippen molar-refractivity contribution in [3.8, 4) is 11.5 Å². The monoisotopic (exact) mass is 362 g/mol. The van der Waals surface area contributed by atoms with E-state index in [1.54, 1.807) is 12.1 Å². The van der Waals surface area contributed by atoms with Crippen LogP contribution in [0.2, 0.25) is 0 Å². The number of rotatable bonds is 4. The van der Waals surface area contributed by atoms with Crippen LogP contribution in [0.15, 0.2) is 53.1 Å². The Hall–Kier alpha value is -2.99. The van der Waals surface area contributed by atoms with Gasteiger partial charge in [0.05, 0.1) is 5.54 Å². The van der Waals surface area contributed by atoms with E-state index < -0.39 is 5.54 Å². The summed E-state index contributed by atoms with van der Waals surface area (Å²) in [5.41, 5.74) is 8.95. The maximum atomic E-state index is 12.5. The number of nitrogens with one attached hydrogen (secondary N) is 1. The molecule has 138 valence electrons. The lowest BCUT2D eigenvalue weighted by molar-refractivity contribution is 0.102. The number of carbonyl (C=O) groups is 1. The molecular formula is C21H22N4O2. The van der Waals surface area contributed by atoms with Crippen LogP contribution in [0.3, 0.4) is 0 Å². The SMILES string of the molecule is Cc1ccc(-c2nc(C3(N)CCCC3)no2)cc1NC(=O)c1ccccc1. The number of aromatic nitrogens is 2. The van der Waals surface area contributed by atoms with E-state index in [1.807, 2.05) is 43.3 Å². The van der Waals surface area contributed by atoms with Crippen LogP contribution in [0.1, 0.15) is 47.4 Å². The van der Waals surface area contributed by atoms with Crippen molar-refractivity contribution in [3.05, 3.63) is 65.5 Å². The first kappa shape index (κ1) is 17.4. The van der Waals surface area contributed by atoms with Crippen molar-refractivity contribution in [2.75, 3.05) is 5.32 Å². The van der Waals surface area contributed by atoms with Gasteiger partial charge in [0.25, 0.3) is 11.8 Å². The molecule has 0 aliphatic heterocycles. The number of carbonyl (C=O) groups excluding carboxylic acids is 1. The van der Waals surface area contributed by atoms with Gasteiger partial charge in [0.2, 0.25) is 0 Å². The summed E-state index contributed by atoms with van der Waals surface area (Å²) in [6, 6.07) is 14.8. The van der Waals surface area contributed by atoms with Crippen LogP contribution < -0.4 is 11.1 Å². The molecule has 0 saturated heterocycles. The molecule has 27 heavy (non-hydrogen) atoms. The molecule has 1 aromatic heterocycles. The number of hydrogen-bond donors (Lipinski definition) is 2. The zero-order valence-electron chi connectivity index (χ0n) is 15.2. The zero-order valence-corrected chi connectivity index (χ0v) is 15.2. The predicted octanol–water partition coefficient (Wildman–Crippen LogP) is 4.03. The summed E-state index contributed by atoms with van der Waals surface area (Å²) in [5, 5.41) is 7.06. The lowest BCUT2D eigenvalue weighted by Crippen LogP contribution is -2.34. The maximum absolute atomic E-state index is 12.5. The molecule has 0 spiro atoms. The Labute approximate surface area is 157 Å². The fourth-order valence-corrected chi connectivity index (χ4v) is 3.45. The summed E-state index contributed by atoms with van der Waals surface area (Å²) in [7, 11) is 0. The molecule has 6 heteroatoms. The van der Waals surface area contributed by atoms with Crippen LogP contribution in [0.5, 0.6) is 0 Å². The van der Waals surface area contributed by atoms with Gasteiger partial charge in [-0.3, -0.25) is 4.79 Å². The average Bonchev–Trinajstić information content (AvgIpc) is 3.34. The second kappa shape index (κ2) is 6.96. The van der Waals surface area contributed by atoms with Gasteiger partial charge in [-0.1, -0.05) is 42.3 Å². The number of amides is 1. The Morgan fingerprint density at radius 1 is 1.15 bits per heavy atom. The van der Waals surface area contributed by atoms with Crippen molar-refractivity contribution < 1.29 is 9.32 Å². The highest BCUT2D eigenvalue weighted by Crippen LogP contribution is 2.35. The van der Waals surface area contributed by atoms with Crippen molar-refractivity contribution in [1.29, 1.82) is 0 Å². The van der Waals surface area contributed by atoms with Crippen LogP contribution in [-0.2, 0) is 5.54 Å². The van der Waals surface area contributed by atoms with Crippen LogP contribution in [0.4, 0.5) is 5.69 Å². The minimum atomic E-state index is -0.489. The minimum Gasteiger partial charge on any atom is -0.334 e. The summed E-state index contributed by atoms with van der Waals surface area (Å²) >= 11 is 0. The van der Waals surface area contributed by atoms with E-state index in [0.717, 1.165) is 36.8 Å². The first-order chi connectivity index (χ1) is 13.0. The summed E-state index contributed by atoms with van der Waals surface area (Å²) in [6.07, 6.45) is 3.91. The Bertz CT molecular complexity index is 959. The number of hydrogen-bond acceptors (Lipinski definition) is 5. The lowest BCUT2D eigenvalue weighted by atomic mass is 9.98. The fourth-order valence-electron chi connectivity index (χ4n) is 3.45. The Morgan fingerprint density at radius 2 is 1.89 bits per heavy atom. The van der Waals surface area contributed by atoms with Gasteiger partial charge >= 0.3 is 0 Å². The third-order valence-electron chi connectivity index (χ3n) is 5.14. The van der Waals surface area contributed by atoms with E-state index in [4.69, 9.17) is 10.3 Å². The van der Waals surface area contributed by atoms with Gasteiger partial charge in [-0.15, -0.1) is 0 Å². The first-order valence-electron chi connectivity index (χ1n) is 9.16. The lowest BCUT2D eigenvalue weighted by Gasteiger charge is -2.17. The Kier molecular flexibility index (Phi) is 4.49. The van der Waals surface area contributed by atoms with E-state index >= 15 is 0 Å². The highest BCUT2D eigenvalue weighted by molar-refractivity contribution is 6.04. The van der Waals surface area contributed by atoms with Crippen LogP contribution in [0, 0.1) is 6.92 Å². The first-order valence-corrected chi connectivity index (χ1v) is 9.16. The fraction of sp³-hybridized carbons (Fsp3) is 0.286.